The fourth-order valence-corrected chi connectivity index (χ4v) is 3.17. The zero-order valence-electron chi connectivity index (χ0n) is 10.9. The normalized spacial score (nSPS) is 24.1. The third-order valence-corrected chi connectivity index (χ3v) is 4.39. The third-order valence-electron chi connectivity index (χ3n) is 3.10. The molecule has 1 fully saturated rings. The number of hydrazine groups is 1. The van der Waals surface area contributed by atoms with Crippen molar-refractivity contribution in [2.24, 2.45) is 5.84 Å². The van der Waals surface area contributed by atoms with Gasteiger partial charge in [0.05, 0.1) is 6.04 Å². The molecule has 1 aromatic carbocycles. The molecule has 5 N–H and O–H groups in total. The Morgan fingerprint density at radius 2 is 2.26 bits per heavy atom. The molecule has 104 valence electrons. The topological polar surface area (TPSA) is 79.2 Å². The molecule has 0 aromatic heterocycles. The molecule has 1 aliphatic rings. The quantitative estimate of drug-likeness (QED) is 0.472. The summed E-state index contributed by atoms with van der Waals surface area (Å²) in [5, 5.41) is 6.49. The average Bonchev–Trinajstić information content (AvgIpc) is 2.87. The van der Waals surface area contributed by atoms with Gasteiger partial charge in [0.15, 0.2) is 0 Å². The maximum absolute atomic E-state index is 12.0. The molecule has 0 bridgehead atoms. The van der Waals surface area contributed by atoms with E-state index < -0.39 is 0 Å². The van der Waals surface area contributed by atoms with E-state index in [0.29, 0.717) is 6.42 Å². The van der Waals surface area contributed by atoms with Gasteiger partial charge in [0.2, 0.25) is 5.91 Å². The summed E-state index contributed by atoms with van der Waals surface area (Å²) in [4.78, 5) is 12.0. The predicted molar refractivity (Wildman–Crippen MR) is 78.1 cm³/mol. The summed E-state index contributed by atoms with van der Waals surface area (Å²) in [6, 6.07) is 10.0. The van der Waals surface area contributed by atoms with Crippen LogP contribution in [0, 0.1) is 0 Å². The highest BCUT2D eigenvalue weighted by Gasteiger charge is 2.26. The monoisotopic (exact) mass is 280 g/mol. The first-order chi connectivity index (χ1) is 9.19. The van der Waals surface area contributed by atoms with Crippen LogP contribution in [0.2, 0.25) is 0 Å². The summed E-state index contributed by atoms with van der Waals surface area (Å²) in [6.45, 7) is 2.80. The van der Waals surface area contributed by atoms with E-state index in [2.05, 4.69) is 16.1 Å². The number of thioether (sulfide) groups is 1. The molecule has 0 aliphatic carbocycles. The smallest absolute Gasteiger partial charge is 0.221 e. The van der Waals surface area contributed by atoms with Gasteiger partial charge in [-0.1, -0.05) is 30.3 Å². The van der Waals surface area contributed by atoms with Crippen molar-refractivity contribution >= 4 is 17.7 Å². The number of rotatable bonds is 5. The minimum absolute atomic E-state index is 0.0384. The molecule has 0 saturated carbocycles. The van der Waals surface area contributed by atoms with Crippen LogP contribution in [0.5, 0.6) is 0 Å². The predicted octanol–water partition coefficient (Wildman–Crippen LogP) is 0.706. The number of benzene rings is 1. The molecule has 6 heteroatoms. The second kappa shape index (κ2) is 6.91. The highest BCUT2D eigenvalue weighted by atomic mass is 32.2. The van der Waals surface area contributed by atoms with E-state index in [1.54, 1.807) is 11.8 Å². The van der Waals surface area contributed by atoms with E-state index in [1.165, 1.54) is 0 Å². The van der Waals surface area contributed by atoms with Gasteiger partial charge < -0.3 is 5.32 Å². The van der Waals surface area contributed by atoms with Crippen molar-refractivity contribution in [1.82, 2.24) is 16.1 Å². The van der Waals surface area contributed by atoms with Gasteiger partial charge in [0.1, 0.15) is 5.50 Å². The number of carbonyl (C=O) groups is 1. The summed E-state index contributed by atoms with van der Waals surface area (Å²) in [7, 11) is 0. The van der Waals surface area contributed by atoms with Crippen LogP contribution in [0.4, 0.5) is 0 Å². The molecule has 3 atom stereocenters. The molecule has 1 amide bonds. The molecule has 2 rings (SSSR count). The number of carbonyl (C=O) groups excluding carboxylic acids is 1. The standard InChI is InChI=1S/C13H20N4OS/c1-9(10-5-3-2-4-6-10)16-12(18)7-11-8-15-13(17-14)19-11/h2-6,9,11,13,15,17H,7-8,14H2,1H3,(H,16,18). The van der Waals surface area contributed by atoms with Crippen molar-refractivity contribution in [3.8, 4) is 0 Å². The summed E-state index contributed by atoms with van der Waals surface area (Å²) in [6.07, 6.45) is 0.507. The molecule has 19 heavy (non-hydrogen) atoms. The highest BCUT2D eigenvalue weighted by Crippen LogP contribution is 2.23. The lowest BCUT2D eigenvalue weighted by molar-refractivity contribution is -0.121. The van der Waals surface area contributed by atoms with Gasteiger partial charge in [-0.2, -0.15) is 0 Å². The van der Waals surface area contributed by atoms with E-state index in [1.807, 2.05) is 37.3 Å². The molecule has 0 spiro atoms. The maximum atomic E-state index is 12.0. The Kier molecular flexibility index (Phi) is 5.21. The van der Waals surface area contributed by atoms with Crippen LogP contribution in [0.1, 0.15) is 24.9 Å². The van der Waals surface area contributed by atoms with Crippen LogP contribution in [0.25, 0.3) is 0 Å². The number of hydrogen-bond acceptors (Lipinski definition) is 5. The second-order valence-electron chi connectivity index (χ2n) is 4.62. The average molecular weight is 280 g/mol. The Morgan fingerprint density at radius 3 is 2.89 bits per heavy atom. The lowest BCUT2D eigenvalue weighted by Gasteiger charge is -2.15. The molecule has 1 heterocycles. The van der Waals surface area contributed by atoms with Crippen LogP contribution < -0.4 is 21.9 Å². The van der Waals surface area contributed by atoms with Crippen molar-refractivity contribution in [1.29, 1.82) is 0 Å². The van der Waals surface area contributed by atoms with E-state index in [9.17, 15) is 4.79 Å². The fourth-order valence-electron chi connectivity index (χ4n) is 2.08. The van der Waals surface area contributed by atoms with Gasteiger partial charge in [0, 0.05) is 18.2 Å². The summed E-state index contributed by atoms with van der Waals surface area (Å²) in [5.41, 5.74) is 3.82. The third kappa shape index (κ3) is 4.21. The number of nitrogens with one attached hydrogen (secondary N) is 3. The van der Waals surface area contributed by atoms with Crippen molar-refractivity contribution in [3.63, 3.8) is 0 Å². The van der Waals surface area contributed by atoms with E-state index in [-0.39, 0.29) is 22.7 Å². The van der Waals surface area contributed by atoms with E-state index in [0.717, 1.165) is 12.1 Å². The molecule has 5 nitrogen and oxygen atoms in total. The van der Waals surface area contributed by atoms with Crippen molar-refractivity contribution in [3.05, 3.63) is 35.9 Å². The summed E-state index contributed by atoms with van der Waals surface area (Å²) >= 11 is 1.65. The first-order valence-electron chi connectivity index (χ1n) is 6.38. The molecular weight excluding hydrogens is 260 g/mol. The van der Waals surface area contributed by atoms with Crippen LogP contribution in [0.15, 0.2) is 30.3 Å². The minimum atomic E-state index is 0.0384. The summed E-state index contributed by atoms with van der Waals surface area (Å²) < 4.78 is 0. The van der Waals surface area contributed by atoms with Gasteiger partial charge in [-0.05, 0) is 12.5 Å². The molecule has 0 radical (unpaired) electrons. The van der Waals surface area contributed by atoms with Crippen LogP contribution >= 0.6 is 11.8 Å². The Bertz CT molecular complexity index is 414. The first-order valence-corrected chi connectivity index (χ1v) is 7.32. The molecule has 1 saturated heterocycles. The zero-order chi connectivity index (χ0) is 13.7. The highest BCUT2D eigenvalue weighted by molar-refractivity contribution is 8.00. The van der Waals surface area contributed by atoms with Gasteiger partial charge in [-0.25, -0.2) is 5.43 Å². The Balaban J connectivity index is 1.78. The van der Waals surface area contributed by atoms with Crippen molar-refractivity contribution in [2.45, 2.75) is 30.1 Å². The molecule has 1 aromatic rings. The minimum Gasteiger partial charge on any atom is -0.350 e. The lowest BCUT2D eigenvalue weighted by Crippen LogP contribution is -2.39. The Morgan fingerprint density at radius 1 is 1.53 bits per heavy atom. The first kappa shape index (κ1) is 14.3. The molecule has 1 aliphatic heterocycles. The molecular formula is C13H20N4OS. The van der Waals surface area contributed by atoms with Crippen molar-refractivity contribution < 1.29 is 4.79 Å². The number of hydrogen-bond donors (Lipinski definition) is 4. The Labute approximate surface area is 117 Å². The van der Waals surface area contributed by atoms with Crippen molar-refractivity contribution in [2.75, 3.05) is 6.54 Å². The largest absolute Gasteiger partial charge is 0.350 e. The Hall–Kier alpha value is -1.08. The lowest BCUT2D eigenvalue weighted by atomic mass is 10.1. The number of amides is 1. The molecule has 3 unspecified atom stereocenters. The maximum Gasteiger partial charge on any atom is 0.221 e. The second-order valence-corrected chi connectivity index (χ2v) is 6.03. The van der Waals surface area contributed by atoms with Crippen LogP contribution in [-0.4, -0.2) is 23.2 Å². The van der Waals surface area contributed by atoms with Crippen LogP contribution in [-0.2, 0) is 4.79 Å². The fraction of sp³-hybridized carbons (Fsp3) is 0.462. The SMILES string of the molecule is CC(NC(=O)CC1CNC(NN)S1)c1ccccc1. The summed E-state index contributed by atoms with van der Waals surface area (Å²) in [5.74, 6) is 5.43. The number of nitrogens with two attached hydrogens (primary N) is 1. The van der Waals surface area contributed by atoms with Gasteiger partial charge in [-0.3, -0.25) is 16.0 Å². The van der Waals surface area contributed by atoms with Gasteiger partial charge in [0.25, 0.3) is 0 Å². The van der Waals surface area contributed by atoms with E-state index >= 15 is 0 Å². The zero-order valence-corrected chi connectivity index (χ0v) is 11.7. The van der Waals surface area contributed by atoms with Gasteiger partial charge >= 0.3 is 0 Å². The van der Waals surface area contributed by atoms with Gasteiger partial charge in [-0.15, -0.1) is 11.8 Å². The van der Waals surface area contributed by atoms with Crippen LogP contribution in [0.3, 0.4) is 0 Å². The van der Waals surface area contributed by atoms with E-state index in [4.69, 9.17) is 5.84 Å².